The quantitative estimate of drug-likeness (QED) is 0.364. The third-order valence-corrected chi connectivity index (χ3v) is 5.53. The number of Topliss-reactive ketones (excluding diaryl/α,β-unsaturated/α-hetero) is 1. The van der Waals surface area contributed by atoms with Gasteiger partial charge in [-0.05, 0) is 30.9 Å². The Bertz CT molecular complexity index is 790. The molecule has 0 amide bonds. The van der Waals surface area contributed by atoms with Gasteiger partial charge in [-0.3, -0.25) is 4.79 Å². The van der Waals surface area contributed by atoms with Crippen molar-refractivity contribution in [2.75, 3.05) is 5.75 Å². The summed E-state index contributed by atoms with van der Waals surface area (Å²) in [7, 11) is 1.95. The van der Waals surface area contributed by atoms with E-state index in [1.165, 1.54) is 11.3 Å². The molecule has 0 aliphatic rings. The van der Waals surface area contributed by atoms with Crippen LogP contribution in [0.4, 0.5) is 0 Å². The second-order valence-corrected chi connectivity index (χ2v) is 7.12. The summed E-state index contributed by atoms with van der Waals surface area (Å²) in [5, 5.41) is 11.3. The number of thioether (sulfide) groups is 1. The van der Waals surface area contributed by atoms with Crippen LogP contribution in [0, 0.1) is 6.92 Å². The minimum absolute atomic E-state index is 0.216. The van der Waals surface area contributed by atoms with E-state index in [0.717, 1.165) is 39.4 Å². The van der Waals surface area contributed by atoms with Gasteiger partial charge in [-0.25, -0.2) is 0 Å². The van der Waals surface area contributed by atoms with Crippen molar-refractivity contribution in [3.05, 3.63) is 40.5 Å². The van der Waals surface area contributed by atoms with Gasteiger partial charge in [0.25, 0.3) is 0 Å². The lowest BCUT2D eigenvalue weighted by Crippen LogP contribution is -1.98. The van der Waals surface area contributed by atoms with Crippen LogP contribution in [0.3, 0.4) is 0 Å². The summed E-state index contributed by atoms with van der Waals surface area (Å²) in [6, 6.07) is 5.68. The first-order chi connectivity index (χ1) is 11.2. The molecule has 0 N–H and O–H groups in total. The molecule has 0 aliphatic heterocycles. The molecule has 0 saturated carbocycles. The number of aryl methyl sites for hydroxylation is 1. The molecule has 0 spiro atoms. The van der Waals surface area contributed by atoms with Crippen molar-refractivity contribution in [2.45, 2.75) is 24.9 Å². The van der Waals surface area contributed by atoms with Crippen molar-refractivity contribution in [1.29, 1.82) is 0 Å². The molecule has 23 heavy (non-hydrogen) atoms. The Hall–Kier alpha value is -1.86. The van der Waals surface area contributed by atoms with Gasteiger partial charge in [0.05, 0.1) is 16.7 Å². The van der Waals surface area contributed by atoms with Crippen molar-refractivity contribution >= 4 is 28.9 Å². The predicted octanol–water partition coefficient (Wildman–Crippen LogP) is 4.20. The minimum Gasteiger partial charge on any atom is -0.469 e. The van der Waals surface area contributed by atoms with E-state index < -0.39 is 0 Å². The molecule has 3 aromatic rings. The van der Waals surface area contributed by atoms with E-state index in [1.807, 2.05) is 42.1 Å². The molecule has 0 radical (unpaired) electrons. The van der Waals surface area contributed by atoms with E-state index in [1.54, 1.807) is 18.0 Å². The standard InChI is InChI=1S/C16H17N3O2S2/c1-11-12(7-8-21-11)15-17-18-16(19(15)2)23-10-3-5-13(20)14-6-4-9-22-14/h4,6-9H,3,5,10H2,1-2H3. The highest BCUT2D eigenvalue weighted by molar-refractivity contribution is 7.99. The van der Waals surface area contributed by atoms with Gasteiger partial charge in [-0.15, -0.1) is 21.5 Å². The SMILES string of the molecule is Cc1occc1-c1nnc(SCCCC(=O)c2cccs2)n1C. The topological polar surface area (TPSA) is 60.9 Å². The molecule has 0 aliphatic carbocycles. The Labute approximate surface area is 142 Å². The molecule has 7 heteroatoms. The van der Waals surface area contributed by atoms with Crippen molar-refractivity contribution < 1.29 is 9.21 Å². The number of ketones is 1. The van der Waals surface area contributed by atoms with Gasteiger partial charge in [0.1, 0.15) is 5.76 Å². The maximum Gasteiger partial charge on any atom is 0.191 e. The summed E-state index contributed by atoms with van der Waals surface area (Å²) >= 11 is 3.12. The fourth-order valence-corrected chi connectivity index (χ4v) is 3.79. The van der Waals surface area contributed by atoms with Gasteiger partial charge in [-0.1, -0.05) is 17.8 Å². The molecule has 0 fully saturated rings. The molecular weight excluding hydrogens is 330 g/mol. The van der Waals surface area contributed by atoms with Crippen LogP contribution in [-0.2, 0) is 7.05 Å². The van der Waals surface area contributed by atoms with Crippen LogP contribution in [0.2, 0.25) is 0 Å². The summed E-state index contributed by atoms with van der Waals surface area (Å²) in [5.41, 5.74) is 0.958. The summed E-state index contributed by atoms with van der Waals surface area (Å²) in [6.07, 6.45) is 3.05. The number of rotatable bonds is 7. The number of nitrogens with zero attached hydrogens (tertiary/aromatic N) is 3. The second kappa shape index (κ2) is 7.14. The van der Waals surface area contributed by atoms with Crippen LogP contribution in [-0.4, -0.2) is 26.3 Å². The van der Waals surface area contributed by atoms with Gasteiger partial charge < -0.3 is 8.98 Å². The molecule has 3 heterocycles. The molecule has 3 rings (SSSR count). The van der Waals surface area contributed by atoms with Crippen molar-refractivity contribution in [2.24, 2.45) is 7.05 Å². The first-order valence-electron chi connectivity index (χ1n) is 7.30. The first-order valence-corrected chi connectivity index (χ1v) is 9.16. The number of hydrogen-bond donors (Lipinski definition) is 0. The molecule has 120 valence electrons. The number of carbonyl (C=O) groups excluding carboxylic acids is 1. The van der Waals surface area contributed by atoms with Gasteiger partial charge >= 0.3 is 0 Å². The highest BCUT2D eigenvalue weighted by Crippen LogP contribution is 2.26. The lowest BCUT2D eigenvalue weighted by Gasteiger charge is -2.03. The van der Waals surface area contributed by atoms with Crippen LogP contribution in [0.15, 0.2) is 39.4 Å². The van der Waals surface area contributed by atoms with Gasteiger partial charge in [0, 0.05) is 19.2 Å². The summed E-state index contributed by atoms with van der Waals surface area (Å²) in [6.45, 7) is 1.91. The minimum atomic E-state index is 0.216. The number of furan rings is 1. The maximum atomic E-state index is 11.9. The van der Waals surface area contributed by atoms with Crippen LogP contribution in [0.1, 0.15) is 28.3 Å². The number of carbonyl (C=O) groups is 1. The molecule has 0 aromatic carbocycles. The summed E-state index contributed by atoms with van der Waals surface area (Å²) < 4.78 is 7.28. The first kappa shape index (κ1) is 16.0. The Morgan fingerprint density at radius 2 is 2.26 bits per heavy atom. The summed E-state index contributed by atoms with van der Waals surface area (Å²) in [4.78, 5) is 12.8. The van der Waals surface area contributed by atoms with Crippen molar-refractivity contribution in [1.82, 2.24) is 14.8 Å². The zero-order chi connectivity index (χ0) is 16.2. The van der Waals surface area contributed by atoms with Crippen molar-refractivity contribution in [3.63, 3.8) is 0 Å². The van der Waals surface area contributed by atoms with Gasteiger partial charge in [0.2, 0.25) is 0 Å². The monoisotopic (exact) mass is 347 g/mol. The summed E-state index contributed by atoms with van der Waals surface area (Å²) in [5.74, 6) is 2.69. The van der Waals surface area contributed by atoms with Crippen LogP contribution >= 0.6 is 23.1 Å². The van der Waals surface area contributed by atoms with Crippen LogP contribution in [0.25, 0.3) is 11.4 Å². The van der Waals surface area contributed by atoms with Crippen LogP contribution < -0.4 is 0 Å². The fourth-order valence-electron chi connectivity index (χ4n) is 2.25. The van der Waals surface area contributed by atoms with E-state index in [2.05, 4.69) is 10.2 Å². The van der Waals surface area contributed by atoms with Crippen molar-refractivity contribution in [3.8, 4) is 11.4 Å². The molecule has 0 unspecified atom stereocenters. The zero-order valence-electron chi connectivity index (χ0n) is 13.0. The Morgan fingerprint density at radius 1 is 1.39 bits per heavy atom. The number of thiophene rings is 1. The molecule has 3 aromatic heterocycles. The highest BCUT2D eigenvalue weighted by atomic mass is 32.2. The number of aromatic nitrogens is 3. The largest absolute Gasteiger partial charge is 0.469 e. The highest BCUT2D eigenvalue weighted by Gasteiger charge is 2.15. The third kappa shape index (κ3) is 3.56. The Morgan fingerprint density at radius 3 is 2.96 bits per heavy atom. The fraction of sp³-hybridized carbons (Fsp3) is 0.312. The Kier molecular flexibility index (Phi) is 4.97. The smallest absolute Gasteiger partial charge is 0.191 e. The predicted molar refractivity (Wildman–Crippen MR) is 92.0 cm³/mol. The maximum absolute atomic E-state index is 11.9. The van der Waals surface area contributed by atoms with E-state index in [-0.39, 0.29) is 5.78 Å². The van der Waals surface area contributed by atoms with Gasteiger partial charge in [0.15, 0.2) is 16.8 Å². The average molecular weight is 347 g/mol. The van der Waals surface area contributed by atoms with Crippen LogP contribution in [0.5, 0.6) is 0 Å². The van der Waals surface area contributed by atoms with E-state index in [4.69, 9.17) is 4.42 Å². The van der Waals surface area contributed by atoms with E-state index >= 15 is 0 Å². The van der Waals surface area contributed by atoms with E-state index in [0.29, 0.717) is 6.42 Å². The Balaban J connectivity index is 1.54. The molecule has 0 atom stereocenters. The normalized spacial score (nSPS) is 11.0. The zero-order valence-corrected chi connectivity index (χ0v) is 14.6. The second-order valence-electron chi connectivity index (χ2n) is 5.11. The lowest BCUT2D eigenvalue weighted by atomic mass is 10.2. The molecule has 0 saturated heterocycles. The van der Waals surface area contributed by atoms with Gasteiger partial charge in [-0.2, -0.15) is 0 Å². The van der Waals surface area contributed by atoms with E-state index in [9.17, 15) is 4.79 Å². The number of hydrogen-bond acceptors (Lipinski definition) is 6. The average Bonchev–Trinajstić information content (AvgIpc) is 3.26. The lowest BCUT2D eigenvalue weighted by molar-refractivity contribution is 0.0986. The third-order valence-electron chi connectivity index (χ3n) is 3.51. The molecule has 0 bridgehead atoms. The molecule has 5 nitrogen and oxygen atoms in total. The molecular formula is C16H17N3O2S2.